The molecule has 128 valence electrons. The van der Waals surface area contributed by atoms with Gasteiger partial charge in [-0.25, -0.2) is 4.98 Å². The number of nitrogens with one attached hydrogen (secondary N) is 1. The highest BCUT2D eigenvalue weighted by molar-refractivity contribution is 5.86. The Kier molecular flexibility index (Phi) is 4.34. The molecule has 8 nitrogen and oxygen atoms in total. The molecular formula is C17H16N4O4. The van der Waals surface area contributed by atoms with Gasteiger partial charge in [-0.2, -0.15) is 0 Å². The lowest BCUT2D eigenvalue weighted by molar-refractivity contribution is -0.384. The Morgan fingerprint density at radius 2 is 2.08 bits per heavy atom. The van der Waals surface area contributed by atoms with E-state index in [-0.39, 0.29) is 11.1 Å². The van der Waals surface area contributed by atoms with Crippen LogP contribution in [0.5, 0.6) is 5.75 Å². The zero-order valence-corrected chi connectivity index (χ0v) is 13.7. The van der Waals surface area contributed by atoms with Crippen LogP contribution in [0.15, 0.2) is 47.5 Å². The minimum atomic E-state index is -0.500. The van der Waals surface area contributed by atoms with Gasteiger partial charge in [0.1, 0.15) is 11.4 Å². The minimum absolute atomic E-state index is 0.150. The highest BCUT2D eigenvalue weighted by Gasteiger charge is 2.21. The largest absolute Gasteiger partial charge is 0.496 e. The Hall–Kier alpha value is -3.42. The number of anilines is 1. The van der Waals surface area contributed by atoms with Crippen molar-refractivity contribution < 1.29 is 9.66 Å². The quantitative estimate of drug-likeness (QED) is 0.565. The zero-order valence-electron chi connectivity index (χ0n) is 13.7. The first kappa shape index (κ1) is 16.4. The van der Waals surface area contributed by atoms with Crippen molar-refractivity contribution in [2.75, 3.05) is 19.1 Å². The number of nitrogens with zero attached hydrogens (tertiary/aromatic N) is 3. The van der Waals surface area contributed by atoms with Crippen LogP contribution in [0.1, 0.15) is 5.56 Å². The van der Waals surface area contributed by atoms with E-state index in [9.17, 15) is 14.9 Å². The average Bonchev–Trinajstić information content (AvgIpc) is 2.61. The minimum Gasteiger partial charge on any atom is -0.496 e. The average molecular weight is 340 g/mol. The van der Waals surface area contributed by atoms with Crippen LogP contribution in [0.3, 0.4) is 0 Å². The summed E-state index contributed by atoms with van der Waals surface area (Å²) in [5, 5.41) is 11.7. The Balaban J connectivity index is 2.08. The molecule has 0 aliphatic rings. The molecule has 0 bridgehead atoms. The summed E-state index contributed by atoms with van der Waals surface area (Å²) in [5.74, 6) is 0.701. The maximum absolute atomic E-state index is 11.9. The first-order valence-electron chi connectivity index (χ1n) is 7.50. The fourth-order valence-electron chi connectivity index (χ4n) is 2.72. The van der Waals surface area contributed by atoms with Gasteiger partial charge in [0.15, 0.2) is 0 Å². The van der Waals surface area contributed by atoms with Crippen LogP contribution in [0, 0.1) is 10.1 Å². The van der Waals surface area contributed by atoms with E-state index >= 15 is 0 Å². The summed E-state index contributed by atoms with van der Waals surface area (Å²) in [5.41, 5.74) is 1.11. The number of ether oxygens (including phenoxy) is 1. The molecule has 1 aromatic heterocycles. The van der Waals surface area contributed by atoms with Gasteiger partial charge in [-0.1, -0.05) is 18.2 Å². The van der Waals surface area contributed by atoms with E-state index in [4.69, 9.17) is 4.74 Å². The summed E-state index contributed by atoms with van der Waals surface area (Å²) in [4.78, 5) is 31.1. The summed E-state index contributed by atoms with van der Waals surface area (Å²) in [7, 11) is 3.32. The van der Waals surface area contributed by atoms with Gasteiger partial charge in [-0.05, 0) is 12.1 Å². The molecule has 3 rings (SSSR count). The number of nitro benzene ring substituents is 1. The summed E-state index contributed by atoms with van der Waals surface area (Å²) < 4.78 is 5.33. The normalized spacial score (nSPS) is 10.6. The monoisotopic (exact) mass is 340 g/mol. The van der Waals surface area contributed by atoms with E-state index in [2.05, 4.69) is 9.97 Å². The van der Waals surface area contributed by atoms with Gasteiger partial charge in [-0.15, -0.1) is 0 Å². The zero-order chi connectivity index (χ0) is 18.0. The van der Waals surface area contributed by atoms with Crippen molar-refractivity contribution in [3.63, 3.8) is 0 Å². The van der Waals surface area contributed by atoms with Crippen molar-refractivity contribution in [1.29, 1.82) is 0 Å². The lowest BCUT2D eigenvalue weighted by Crippen LogP contribution is -2.19. The number of rotatable bonds is 5. The topological polar surface area (TPSA) is 101 Å². The molecule has 8 heteroatoms. The third-order valence-electron chi connectivity index (χ3n) is 3.94. The van der Waals surface area contributed by atoms with Gasteiger partial charge >= 0.3 is 0 Å². The molecule has 0 aliphatic carbocycles. The number of H-pyrrole nitrogens is 1. The Labute approximate surface area is 142 Å². The molecular weight excluding hydrogens is 324 g/mol. The Bertz CT molecular complexity index is 999. The van der Waals surface area contributed by atoms with Gasteiger partial charge in [0, 0.05) is 25.2 Å². The van der Waals surface area contributed by atoms with E-state index < -0.39 is 10.5 Å². The first-order valence-corrected chi connectivity index (χ1v) is 7.50. The van der Waals surface area contributed by atoms with Gasteiger partial charge in [0.25, 0.3) is 11.2 Å². The van der Waals surface area contributed by atoms with Gasteiger partial charge in [0.05, 0.1) is 29.3 Å². The van der Waals surface area contributed by atoms with E-state index in [0.717, 1.165) is 5.56 Å². The van der Waals surface area contributed by atoms with Crippen molar-refractivity contribution in [3.8, 4) is 5.75 Å². The lowest BCUT2D eigenvalue weighted by Gasteiger charge is -2.20. The summed E-state index contributed by atoms with van der Waals surface area (Å²) in [6, 6.07) is 10.3. The maximum atomic E-state index is 11.9. The number of aromatic nitrogens is 2. The number of hydrogen-bond acceptors (Lipinski definition) is 6. The van der Waals surface area contributed by atoms with Crippen molar-refractivity contribution in [3.05, 3.63) is 68.8 Å². The highest BCUT2D eigenvalue weighted by Crippen LogP contribution is 2.32. The molecule has 0 fully saturated rings. The standard InChI is InChI=1S/C17H16N4O4/c1-20(9-11-5-3-4-6-16(11)25-2)14-8-13-12(7-15(14)21(23)24)17(22)19-10-18-13/h3-8,10H,9H2,1-2H3,(H,18,19,22). The van der Waals surface area contributed by atoms with Crippen LogP contribution < -0.4 is 15.2 Å². The first-order chi connectivity index (χ1) is 12.0. The second kappa shape index (κ2) is 6.60. The molecule has 0 saturated heterocycles. The Morgan fingerprint density at radius 3 is 2.80 bits per heavy atom. The molecule has 3 aromatic rings. The molecule has 25 heavy (non-hydrogen) atoms. The molecule has 2 aromatic carbocycles. The number of nitro groups is 1. The second-order valence-electron chi connectivity index (χ2n) is 5.51. The molecule has 0 radical (unpaired) electrons. The van der Waals surface area contributed by atoms with Crippen LogP contribution in [-0.2, 0) is 6.54 Å². The third kappa shape index (κ3) is 3.14. The number of fused-ring (bicyclic) bond motifs is 1. The third-order valence-corrected chi connectivity index (χ3v) is 3.94. The van der Waals surface area contributed by atoms with E-state index in [0.29, 0.717) is 23.5 Å². The fourth-order valence-corrected chi connectivity index (χ4v) is 2.72. The lowest BCUT2D eigenvalue weighted by atomic mass is 10.1. The number of benzene rings is 2. The molecule has 1 N–H and O–H groups in total. The van der Waals surface area contributed by atoms with Crippen LogP contribution in [0.4, 0.5) is 11.4 Å². The molecule has 0 amide bonds. The Morgan fingerprint density at radius 1 is 1.32 bits per heavy atom. The molecule has 0 atom stereocenters. The van der Waals surface area contributed by atoms with E-state index in [1.54, 1.807) is 25.1 Å². The molecule has 0 unspecified atom stereocenters. The molecule has 0 spiro atoms. The highest BCUT2D eigenvalue weighted by atomic mass is 16.6. The van der Waals surface area contributed by atoms with Crippen LogP contribution in [-0.4, -0.2) is 29.0 Å². The van der Waals surface area contributed by atoms with Crippen LogP contribution >= 0.6 is 0 Å². The second-order valence-corrected chi connectivity index (χ2v) is 5.51. The van der Waals surface area contributed by atoms with Crippen molar-refractivity contribution >= 4 is 22.3 Å². The van der Waals surface area contributed by atoms with Crippen molar-refractivity contribution in [2.45, 2.75) is 6.54 Å². The van der Waals surface area contributed by atoms with Crippen LogP contribution in [0.25, 0.3) is 10.9 Å². The fraction of sp³-hybridized carbons (Fsp3) is 0.176. The van der Waals surface area contributed by atoms with Crippen molar-refractivity contribution in [1.82, 2.24) is 9.97 Å². The van der Waals surface area contributed by atoms with Crippen molar-refractivity contribution in [2.24, 2.45) is 0 Å². The number of aromatic amines is 1. The smallest absolute Gasteiger partial charge is 0.293 e. The molecule has 0 aliphatic heterocycles. The van der Waals surface area contributed by atoms with Gasteiger partial charge in [-0.3, -0.25) is 14.9 Å². The number of para-hydroxylation sites is 1. The summed E-state index contributed by atoms with van der Waals surface area (Å²) >= 11 is 0. The summed E-state index contributed by atoms with van der Waals surface area (Å²) in [6.07, 6.45) is 1.28. The SMILES string of the molecule is COc1ccccc1CN(C)c1cc2nc[nH]c(=O)c2cc1[N+](=O)[O-]. The van der Waals surface area contributed by atoms with Gasteiger partial charge in [0.2, 0.25) is 0 Å². The van der Waals surface area contributed by atoms with Crippen LogP contribution in [0.2, 0.25) is 0 Å². The van der Waals surface area contributed by atoms with E-state index in [1.807, 2.05) is 24.3 Å². The summed E-state index contributed by atoms with van der Waals surface area (Å²) in [6.45, 7) is 0.402. The predicted octanol–water partition coefficient (Wildman–Crippen LogP) is 2.48. The molecule has 1 heterocycles. The van der Waals surface area contributed by atoms with Gasteiger partial charge < -0.3 is 14.6 Å². The maximum Gasteiger partial charge on any atom is 0.293 e. The number of methoxy groups -OCH3 is 1. The number of hydrogen-bond donors (Lipinski definition) is 1. The molecule has 0 saturated carbocycles. The predicted molar refractivity (Wildman–Crippen MR) is 94.1 cm³/mol. The van der Waals surface area contributed by atoms with E-state index in [1.165, 1.54) is 12.4 Å².